The van der Waals surface area contributed by atoms with Crippen molar-refractivity contribution in [3.63, 3.8) is 0 Å². The predicted octanol–water partition coefficient (Wildman–Crippen LogP) is 2.69. The highest BCUT2D eigenvalue weighted by molar-refractivity contribution is 5.73. The summed E-state index contributed by atoms with van der Waals surface area (Å²) in [5, 5.41) is 9.01. The van der Waals surface area contributed by atoms with Crippen LogP contribution in [0.15, 0.2) is 0 Å². The molecule has 3 heteroatoms. The van der Waals surface area contributed by atoms with Crippen LogP contribution < -0.4 is 0 Å². The second kappa shape index (κ2) is 4.78. The summed E-state index contributed by atoms with van der Waals surface area (Å²) in [6, 6.07) is 0. The van der Waals surface area contributed by atoms with Gasteiger partial charge in [-0.05, 0) is 40.5 Å². The van der Waals surface area contributed by atoms with E-state index in [1.165, 1.54) is 0 Å². The fourth-order valence-electron chi connectivity index (χ4n) is 1.02. The van der Waals surface area contributed by atoms with Gasteiger partial charge in [-0.2, -0.15) is 0 Å². The van der Waals surface area contributed by atoms with E-state index in [1.54, 1.807) is 6.92 Å². The molecule has 0 aliphatic carbocycles. The van der Waals surface area contributed by atoms with E-state index in [2.05, 4.69) is 0 Å². The number of carboxylic acids is 1. The van der Waals surface area contributed by atoms with Gasteiger partial charge in [-0.1, -0.05) is 6.92 Å². The van der Waals surface area contributed by atoms with Crippen molar-refractivity contribution in [1.82, 2.24) is 0 Å². The molecule has 84 valence electrons. The number of rotatable bonds is 5. The SMILES string of the molecule is CCC(C)(CCOC(C)(C)C)C(=O)O. The molecule has 1 unspecified atom stereocenters. The Hall–Kier alpha value is -0.570. The number of carboxylic acid groups (broad SMARTS) is 1. The molecule has 0 aliphatic heterocycles. The fourth-order valence-corrected chi connectivity index (χ4v) is 1.02. The van der Waals surface area contributed by atoms with Crippen LogP contribution in [0.5, 0.6) is 0 Å². The average Bonchev–Trinajstić information content (AvgIpc) is 2.01. The second-order valence-electron chi connectivity index (χ2n) is 4.93. The third-order valence-corrected chi connectivity index (χ3v) is 2.49. The van der Waals surface area contributed by atoms with Gasteiger partial charge in [-0.25, -0.2) is 0 Å². The molecule has 0 aromatic carbocycles. The van der Waals surface area contributed by atoms with Crippen LogP contribution >= 0.6 is 0 Å². The van der Waals surface area contributed by atoms with Crippen molar-refractivity contribution in [2.24, 2.45) is 5.41 Å². The van der Waals surface area contributed by atoms with E-state index in [0.717, 1.165) is 0 Å². The van der Waals surface area contributed by atoms with Crippen LogP contribution in [-0.4, -0.2) is 23.3 Å². The van der Waals surface area contributed by atoms with Gasteiger partial charge in [0.15, 0.2) is 0 Å². The highest BCUT2D eigenvalue weighted by atomic mass is 16.5. The second-order valence-corrected chi connectivity index (χ2v) is 4.93. The molecule has 0 fully saturated rings. The van der Waals surface area contributed by atoms with Crippen LogP contribution in [0.3, 0.4) is 0 Å². The number of ether oxygens (including phenoxy) is 1. The number of hydrogen-bond acceptors (Lipinski definition) is 2. The third-order valence-electron chi connectivity index (χ3n) is 2.49. The van der Waals surface area contributed by atoms with Crippen molar-refractivity contribution in [2.45, 2.75) is 53.1 Å². The average molecular weight is 202 g/mol. The summed E-state index contributed by atoms with van der Waals surface area (Å²) in [7, 11) is 0. The van der Waals surface area contributed by atoms with Gasteiger partial charge in [0, 0.05) is 6.61 Å². The molecule has 0 aliphatic rings. The lowest BCUT2D eigenvalue weighted by Crippen LogP contribution is -2.30. The maximum absolute atomic E-state index is 11.0. The predicted molar refractivity (Wildman–Crippen MR) is 56.4 cm³/mol. The highest BCUT2D eigenvalue weighted by Gasteiger charge is 2.31. The van der Waals surface area contributed by atoms with Crippen molar-refractivity contribution >= 4 is 5.97 Å². The first-order chi connectivity index (χ1) is 6.21. The van der Waals surface area contributed by atoms with Crippen molar-refractivity contribution in [3.8, 4) is 0 Å². The van der Waals surface area contributed by atoms with Crippen LogP contribution in [0.2, 0.25) is 0 Å². The lowest BCUT2D eigenvalue weighted by atomic mass is 9.84. The Kier molecular flexibility index (Phi) is 4.59. The quantitative estimate of drug-likeness (QED) is 0.745. The summed E-state index contributed by atoms with van der Waals surface area (Å²) in [6.07, 6.45) is 1.20. The number of aliphatic carboxylic acids is 1. The molecule has 0 rings (SSSR count). The Morgan fingerprint density at radius 2 is 1.79 bits per heavy atom. The van der Waals surface area contributed by atoms with Gasteiger partial charge in [-0.3, -0.25) is 4.79 Å². The summed E-state index contributed by atoms with van der Waals surface area (Å²) in [5.41, 5.74) is -0.835. The smallest absolute Gasteiger partial charge is 0.309 e. The van der Waals surface area contributed by atoms with Gasteiger partial charge >= 0.3 is 5.97 Å². The van der Waals surface area contributed by atoms with E-state index in [0.29, 0.717) is 19.4 Å². The van der Waals surface area contributed by atoms with E-state index < -0.39 is 11.4 Å². The molecule has 0 radical (unpaired) electrons. The molecule has 0 spiro atoms. The lowest BCUT2D eigenvalue weighted by molar-refractivity contribution is -0.150. The summed E-state index contributed by atoms with van der Waals surface area (Å²) in [4.78, 5) is 11.0. The Bertz CT molecular complexity index is 193. The van der Waals surface area contributed by atoms with E-state index in [1.807, 2.05) is 27.7 Å². The lowest BCUT2D eigenvalue weighted by Gasteiger charge is -2.26. The molecule has 1 N–H and O–H groups in total. The molecule has 0 amide bonds. The van der Waals surface area contributed by atoms with E-state index in [4.69, 9.17) is 9.84 Å². The topological polar surface area (TPSA) is 46.5 Å². The normalized spacial score (nSPS) is 16.4. The molecular weight excluding hydrogens is 180 g/mol. The monoisotopic (exact) mass is 202 g/mol. The summed E-state index contributed by atoms with van der Waals surface area (Å²) in [6.45, 7) is 10.1. The molecular formula is C11H22O3. The van der Waals surface area contributed by atoms with E-state index >= 15 is 0 Å². The van der Waals surface area contributed by atoms with E-state index in [-0.39, 0.29) is 5.60 Å². The largest absolute Gasteiger partial charge is 0.481 e. The maximum atomic E-state index is 11.0. The summed E-state index contributed by atoms with van der Waals surface area (Å²) < 4.78 is 5.51. The fraction of sp³-hybridized carbons (Fsp3) is 0.909. The Labute approximate surface area is 86.5 Å². The van der Waals surface area contributed by atoms with Crippen molar-refractivity contribution in [2.75, 3.05) is 6.61 Å². The Balaban J connectivity index is 4.04. The third kappa shape index (κ3) is 4.61. The maximum Gasteiger partial charge on any atom is 0.309 e. The molecule has 1 atom stereocenters. The molecule has 3 nitrogen and oxygen atoms in total. The summed E-state index contributed by atoms with van der Waals surface area (Å²) >= 11 is 0. The molecule has 0 aromatic rings. The zero-order valence-corrected chi connectivity index (χ0v) is 9.89. The minimum atomic E-state index is -0.738. The first-order valence-electron chi connectivity index (χ1n) is 5.08. The van der Waals surface area contributed by atoms with Gasteiger partial charge in [0.25, 0.3) is 0 Å². The van der Waals surface area contributed by atoms with Crippen LogP contribution in [0, 0.1) is 5.41 Å². The first kappa shape index (κ1) is 13.4. The Morgan fingerprint density at radius 1 is 1.29 bits per heavy atom. The van der Waals surface area contributed by atoms with Gasteiger partial charge < -0.3 is 9.84 Å². The standard InChI is InChI=1S/C11H22O3/c1-6-11(5,9(12)13)7-8-14-10(2,3)4/h6-8H2,1-5H3,(H,12,13). The minimum absolute atomic E-state index is 0.187. The molecule has 0 aromatic heterocycles. The van der Waals surface area contributed by atoms with Crippen molar-refractivity contribution in [1.29, 1.82) is 0 Å². The molecule has 0 saturated carbocycles. The van der Waals surface area contributed by atoms with Gasteiger partial charge in [0.1, 0.15) is 0 Å². The van der Waals surface area contributed by atoms with E-state index in [9.17, 15) is 4.79 Å². The first-order valence-corrected chi connectivity index (χ1v) is 5.08. The van der Waals surface area contributed by atoms with Crippen LogP contribution in [-0.2, 0) is 9.53 Å². The van der Waals surface area contributed by atoms with Crippen LogP contribution in [0.25, 0.3) is 0 Å². The highest BCUT2D eigenvalue weighted by Crippen LogP contribution is 2.26. The molecule has 0 heterocycles. The zero-order chi connectivity index (χ0) is 11.4. The summed E-state index contributed by atoms with van der Waals surface area (Å²) in [5.74, 6) is -0.738. The Morgan fingerprint density at radius 3 is 2.07 bits per heavy atom. The van der Waals surface area contributed by atoms with Crippen molar-refractivity contribution in [3.05, 3.63) is 0 Å². The number of carbonyl (C=O) groups is 1. The van der Waals surface area contributed by atoms with Crippen molar-refractivity contribution < 1.29 is 14.6 Å². The number of hydrogen-bond donors (Lipinski definition) is 1. The molecule has 0 saturated heterocycles. The molecule has 14 heavy (non-hydrogen) atoms. The van der Waals surface area contributed by atoms with Gasteiger partial charge in [0.2, 0.25) is 0 Å². The van der Waals surface area contributed by atoms with Gasteiger partial charge in [-0.15, -0.1) is 0 Å². The van der Waals surface area contributed by atoms with Crippen LogP contribution in [0.4, 0.5) is 0 Å². The van der Waals surface area contributed by atoms with Gasteiger partial charge in [0.05, 0.1) is 11.0 Å². The minimum Gasteiger partial charge on any atom is -0.481 e. The van der Waals surface area contributed by atoms with Crippen LogP contribution in [0.1, 0.15) is 47.5 Å². The molecule has 0 bridgehead atoms. The zero-order valence-electron chi connectivity index (χ0n) is 9.89.